The van der Waals surface area contributed by atoms with Crippen LogP contribution in [0.3, 0.4) is 0 Å². The first kappa shape index (κ1) is 18.2. The monoisotopic (exact) mass is 385 g/mol. The summed E-state index contributed by atoms with van der Waals surface area (Å²) in [6.07, 6.45) is 0.711. The molecule has 142 valence electrons. The maximum Gasteiger partial charge on any atom is 0.257 e. The van der Waals surface area contributed by atoms with Crippen molar-refractivity contribution in [1.29, 1.82) is 0 Å². The van der Waals surface area contributed by atoms with Crippen molar-refractivity contribution >= 4 is 23.0 Å². The van der Waals surface area contributed by atoms with Gasteiger partial charge in [-0.15, -0.1) is 11.3 Å². The Hall–Kier alpha value is -2.22. The summed E-state index contributed by atoms with van der Waals surface area (Å²) in [6, 6.07) is 11.9. The average molecular weight is 385 g/mol. The lowest BCUT2D eigenvalue weighted by Gasteiger charge is -2.29. The molecule has 1 aromatic carbocycles. The minimum atomic E-state index is -0.106. The van der Waals surface area contributed by atoms with E-state index >= 15 is 0 Å². The molecule has 2 aliphatic rings. The van der Waals surface area contributed by atoms with Gasteiger partial charge in [-0.25, -0.2) is 5.01 Å². The largest absolute Gasteiger partial charge is 0.497 e. The zero-order valence-corrected chi connectivity index (χ0v) is 16.2. The molecule has 0 aliphatic carbocycles. The standard InChI is InChI=1S/C20H23N3O3S/c1-25-16-5-2-4-15(12-16)18-13-17(19-6-3-11-27-19)21-23(18)20(24)14-22-7-9-26-10-8-22/h2-6,11-12,18H,7-10,13-14H2,1H3. The van der Waals surface area contributed by atoms with E-state index in [1.807, 2.05) is 35.7 Å². The molecule has 27 heavy (non-hydrogen) atoms. The van der Waals surface area contributed by atoms with E-state index in [4.69, 9.17) is 14.6 Å². The van der Waals surface area contributed by atoms with Gasteiger partial charge in [-0.2, -0.15) is 5.10 Å². The van der Waals surface area contributed by atoms with Gasteiger partial charge in [0.1, 0.15) is 5.75 Å². The summed E-state index contributed by atoms with van der Waals surface area (Å²) in [7, 11) is 1.66. The molecule has 1 unspecified atom stereocenters. The first-order chi connectivity index (χ1) is 13.2. The van der Waals surface area contributed by atoms with Crippen molar-refractivity contribution in [1.82, 2.24) is 9.91 Å². The van der Waals surface area contributed by atoms with Crippen LogP contribution in [-0.4, -0.2) is 61.5 Å². The highest BCUT2D eigenvalue weighted by molar-refractivity contribution is 7.12. The van der Waals surface area contributed by atoms with E-state index in [1.165, 1.54) is 0 Å². The predicted octanol–water partition coefficient (Wildman–Crippen LogP) is 2.77. The van der Waals surface area contributed by atoms with Crippen LogP contribution in [0.1, 0.15) is 22.9 Å². The maximum atomic E-state index is 13.1. The quantitative estimate of drug-likeness (QED) is 0.794. The number of amides is 1. The molecule has 4 rings (SSSR count). The second-order valence-corrected chi connectivity index (χ2v) is 7.60. The second kappa shape index (κ2) is 8.21. The van der Waals surface area contributed by atoms with Crippen molar-refractivity contribution < 1.29 is 14.3 Å². The molecule has 3 heterocycles. The summed E-state index contributed by atoms with van der Waals surface area (Å²) >= 11 is 1.65. The molecule has 0 spiro atoms. The Morgan fingerprint density at radius 2 is 2.15 bits per heavy atom. The van der Waals surface area contributed by atoms with Crippen LogP contribution in [0.25, 0.3) is 0 Å². The summed E-state index contributed by atoms with van der Waals surface area (Å²) < 4.78 is 10.8. The fraction of sp³-hybridized carbons (Fsp3) is 0.400. The topological polar surface area (TPSA) is 54.4 Å². The highest BCUT2D eigenvalue weighted by atomic mass is 32.1. The van der Waals surface area contributed by atoms with Crippen molar-refractivity contribution in [2.45, 2.75) is 12.5 Å². The van der Waals surface area contributed by atoms with Crippen molar-refractivity contribution in [3.63, 3.8) is 0 Å². The van der Waals surface area contributed by atoms with Crippen LogP contribution < -0.4 is 4.74 Å². The number of hydrazone groups is 1. The Morgan fingerprint density at radius 1 is 1.30 bits per heavy atom. The van der Waals surface area contributed by atoms with Crippen molar-refractivity contribution in [3.8, 4) is 5.75 Å². The molecule has 2 aliphatic heterocycles. The van der Waals surface area contributed by atoms with E-state index in [0.29, 0.717) is 26.2 Å². The number of hydrogen-bond donors (Lipinski definition) is 0. The van der Waals surface area contributed by atoms with Gasteiger partial charge in [0.25, 0.3) is 5.91 Å². The molecule has 0 radical (unpaired) electrons. The molecule has 1 saturated heterocycles. The number of rotatable bonds is 5. The fourth-order valence-electron chi connectivity index (χ4n) is 3.46. The lowest BCUT2D eigenvalue weighted by Crippen LogP contribution is -2.43. The van der Waals surface area contributed by atoms with Crippen molar-refractivity contribution in [2.75, 3.05) is 40.0 Å². The van der Waals surface area contributed by atoms with E-state index in [9.17, 15) is 4.79 Å². The van der Waals surface area contributed by atoms with E-state index in [2.05, 4.69) is 11.0 Å². The van der Waals surface area contributed by atoms with Gasteiger partial charge in [0.05, 0.1) is 43.5 Å². The minimum absolute atomic E-state index is 0.0243. The summed E-state index contributed by atoms with van der Waals surface area (Å²) in [5.41, 5.74) is 2.01. The first-order valence-corrected chi connectivity index (χ1v) is 10.00. The number of benzene rings is 1. The van der Waals surface area contributed by atoms with E-state index in [1.54, 1.807) is 23.5 Å². The zero-order valence-electron chi connectivity index (χ0n) is 15.3. The molecule has 0 bridgehead atoms. The minimum Gasteiger partial charge on any atom is -0.497 e. The smallest absolute Gasteiger partial charge is 0.257 e. The van der Waals surface area contributed by atoms with Crippen molar-refractivity contribution in [3.05, 3.63) is 52.2 Å². The van der Waals surface area contributed by atoms with Crippen LogP contribution in [-0.2, 0) is 9.53 Å². The number of ether oxygens (including phenoxy) is 2. The summed E-state index contributed by atoms with van der Waals surface area (Å²) in [5.74, 6) is 0.814. The summed E-state index contributed by atoms with van der Waals surface area (Å²) in [5, 5.41) is 8.43. The Balaban J connectivity index is 1.59. The lowest BCUT2D eigenvalue weighted by molar-refractivity contribution is -0.135. The molecule has 7 heteroatoms. The van der Waals surface area contributed by atoms with Crippen LogP contribution >= 0.6 is 11.3 Å². The molecule has 1 aromatic heterocycles. The third kappa shape index (κ3) is 4.05. The van der Waals surface area contributed by atoms with E-state index in [-0.39, 0.29) is 11.9 Å². The third-order valence-electron chi connectivity index (χ3n) is 4.91. The maximum absolute atomic E-state index is 13.1. The molecule has 2 aromatic rings. The van der Waals surface area contributed by atoms with Crippen molar-refractivity contribution in [2.24, 2.45) is 5.10 Å². The van der Waals surface area contributed by atoms with Gasteiger partial charge in [0.15, 0.2) is 0 Å². The number of thiophene rings is 1. The molecule has 0 N–H and O–H groups in total. The Morgan fingerprint density at radius 3 is 2.89 bits per heavy atom. The van der Waals surface area contributed by atoms with Gasteiger partial charge in [0, 0.05) is 19.5 Å². The predicted molar refractivity (Wildman–Crippen MR) is 105 cm³/mol. The number of carbonyl (C=O) groups excluding carboxylic acids is 1. The second-order valence-electron chi connectivity index (χ2n) is 6.65. The lowest BCUT2D eigenvalue weighted by atomic mass is 10.0. The number of morpholine rings is 1. The number of nitrogens with zero attached hydrogens (tertiary/aromatic N) is 3. The van der Waals surface area contributed by atoms with Crippen LogP contribution in [0.15, 0.2) is 46.9 Å². The number of hydrogen-bond acceptors (Lipinski definition) is 6. The molecule has 1 fully saturated rings. The zero-order chi connectivity index (χ0) is 18.6. The van der Waals surface area contributed by atoms with Gasteiger partial charge < -0.3 is 9.47 Å². The highest BCUT2D eigenvalue weighted by Gasteiger charge is 2.34. The molecule has 1 amide bonds. The molecule has 0 saturated carbocycles. The Bertz CT molecular complexity index is 816. The number of carbonyl (C=O) groups is 1. The van der Waals surface area contributed by atoms with E-state index < -0.39 is 0 Å². The SMILES string of the molecule is COc1cccc(C2CC(c3cccs3)=NN2C(=O)CN2CCOCC2)c1. The Kier molecular flexibility index (Phi) is 5.52. The van der Waals surface area contributed by atoms with Gasteiger partial charge in [0.2, 0.25) is 0 Å². The fourth-order valence-corrected chi connectivity index (χ4v) is 4.18. The molecular formula is C20H23N3O3S. The van der Waals surface area contributed by atoms with Gasteiger partial charge in [-0.1, -0.05) is 18.2 Å². The van der Waals surface area contributed by atoms with Crippen LogP contribution in [0.4, 0.5) is 0 Å². The first-order valence-electron chi connectivity index (χ1n) is 9.12. The molecule has 6 nitrogen and oxygen atoms in total. The van der Waals surface area contributed by atoms with E-state index in [0.717, 1.165) is 35.0 Å². The summed E-state index contributed by atoms with van der Waals surface area (Å²) in [6.45, 7) is 3.29. The van der Waals surface area contributed by atoms with Gasteiger partial charge in [-0.05, 0) is 29.1 Å². The number of methoxy groups -OCH3 is 1. The normalized spacial score (nSPS) is 20.6. The third-order valence-corrected chi connectivity index (χ3v) is 5.83. The Labute approximate surface area is 163 Å². The molecule has 1 atom stereocenters. The molecular weight excluding hydrogens is 362 g/mol. The summed E-state index contributed by atoms with van der Waals surface area (Å²) in [4.78, 5) is 16.3. The highest BCUT2D eigenvalue weighted by Crippen LogP contribution is 2.35. The average Bonchev–Trinajstić information content (AvgIpc) is 3.38. The van der Waals surface area contributed by atoms with Crippen LogP contribution in [0, 0.1) is 0 Å². The van der Waals surface area contributed by atoms with Gasteiger partial charge >= 0.3 is 0 Å². The van der Waals surface area contributed by atoms with Gasteiger partial charge in [-0.3, -0.25) is 9.69 Å². The van der Waals surface area contributed by atoms with Crippen LogP contribution in [0.5, 0.6) is 5.75 Å². The van der Waals surface area contributed by atoms with Crippen LogP contribution in [0.2, 0.25) is 0 Å².